The summed E-state index contributed by atoms with van der Waals surface area (Å²) in [4.78, 5) is 29.8. The zero-order valence-electron chi connectivity index (χ0n) is 17.3. The van der Waals surface area contributed by atoms with Gasteiger partial charge in [0.05, 0.1) is 23.0 Å². The summed E-state index contributed by atoms with van der Waals surface area (Å²) in [6.45, 7) is 1.25. The third kappa shape index (κ3) is 3.95. The molecule has 0 bridgehead atoms. The van der Waals surface area contributed by atoms with Crippen molar-refractivity contribution in [3.63, 3.8) is 0 Å². The maximum Gasteiger partial charge on any atom is 0.323 e. The highest BCUT2D eigenvalue weighted by Gasteiger charge is 2.16. The minimum absolute atomic E-state index is 0.197. The number of nitrogens with zero attached hydrogens (tertiary/aromatic N) is 3. The molecule has 5 aromatic rings. The standard InChI is InChI=1S/C23H22N6OS/c1-29(2)12-19-27-21(24-11-14-8-9-17-18(10-14)26-23(30)25-17)20-16(13-31-22(20)28-19)15-6-4-3-5-7-15/h3-10,13H,11-12H2,1-2H3,(H,24,27,28)(H2,25,26,30). The van der Waals surface area contributed by atoms with E-state index in [9.17, 15) is 4.79 Å². The normalized spacial score (nSPS) is 11.6. The van der Waals surface area contributed by atoms with Crippen LogP contribution >= 0.6 is 11.3 Å². The Morgan fingerprint density at radius 2 is 1.84 bits per heavy atom. The fourth-order valence-electron chi connectivity index (χ4n) is 3.67. The second-order valence-electron chi connectivity index (χ2n) is 7.73. The first-order chi connectivity index (χ1) is 15.1. The van der Waals surface area contributed by atoms with Crippen LogP contribution in [0.25, 0.3) is 32.4 Å². The highest BCUT2D eigenvalue weighted by Crippen LogP contribution is 2.37. The fourth-order valence-corrected chi connectivity index (χ4v) is 4.64. The van der Waals surface area contributed by atoms with Crippen LogP contribution in [0.5, 0.6) is 0 Å². The van der Waals surface area contributed by atoms with Gasteiger partial charge in [0.25, 0.3) is 0 Å². The summed E-state index contributed by atoms with van der Waals surface area (Å²) in [7, 11) is 4.02. The van der Waals surface area contributed by atoms with Crippen molar-refractivity contribution in [1.29, 1.82) is 0 Å². The molecule has 31 heavy (non-hydrogen) atoms. The topological polar surface area (TPSA) is 89.7 Å². The van der Waals surface area contributed by atoms with Gasteiger partial charge in [0.15, 0.2) is 0 Å². The van der Waals surface area contributed by atoms with Gasteiger partial charge >= 0.3 is 5.69 Å². The lowest BCUT2D eigenvalue weighted by Crippen LogP contribution is -2.14. The smallest absolute Gasteiger partial charge is 0.323 e. The molecule has 3 N–H and O–H groups in total. The van der Waals surface area contributed by atoms with Crippen molar-refractivity contribution >= 4 is 38.4 Å². The molecule has 8 heteroatoms. The van der Waals surface area contributed by atoms with Crippen molar-refractivity contribution in [3.05, 3.63) is 75.8 Å². The van der Waals surface area contributed by atoms with Crippen LogP contribution in [0.4, 0.5) is 5.82 Å². The molecule has 0 spiro atoms. The number of hydrogen-bond acceptors (Lipinski definition) is 6. The van der Waals surface area contributed by atoms with Crippen molar-refractivity contribution in [2.75, 3.05) is 19.4 Å². The number of fused-ring (bicyclic) bond motifs is 2. The monoisotopic (exact) mass is 430 g/mol. The molecule has 7 nitrogen and oxygen atoms in total. The highest BCUT2D eigenvalue weighted by molar-refractivity contribution is 7.17. The molecule has 0 aliphatic carbocycles. The zero-order valence-corrected chi connectivity index (χ0v) is 18.1. The molecule has 0 radical (unpaired) electrons. The van der Waals surface area contributed by atoms with Crippen molar-refractivity contribution < 1.29 is 0 Å². The van der Waals surface area contributed by atoms with Crippen LogP contribution in [-0.2, 0) is 13.1 Å². The van der Waals surface area contributed by atoms with E-state index in [0.29, 0.717) is 13.1 Å². The predicted molar refractivity (Wildman–Crippen MR) is 126 cm³/mol. The number of thiophene rings is 1. The van der Waals surface area contributed by atoms with Gasteiger partial charge in [-0.3, -0.25) is 0 Å². The summed E-state index contributed by atoms with van der Waals surface area (Å²) in [5.74, 6) is 1.61. The van der Waals surface area contributed by atoms with Gasteiger partial charge in [-0.25, -0.2) is 14.8 Å². The van der Waals surface area contributed by atoms with Gasteiger partial charge in [-0.1, -0.05) is 36.4 Å². The molecule has 3 heterocycles. The second-order valence-corrected chi connectivity index (χ2v) is 8.59. The summed E-state index contributed by atoms with van der Waals surface area (Å²) >= 11 is 1.64. The number of rotatable bonds is 6. The first-order valence-electron chi connectivity index (χ1n) is 10.00. The molecule has 0 saturated heterocycles. The van der Waals surface area contributed by atoms with Gasteiger partial charge in [-0.2, -0.15) is 0 Å². The molecule has 0 fully saturated rings. The van der Waals surface area contributed by atoms with E-state index < -0.39 is 0 Å². The molecule has 0 aliphatic rings. The van der Waals surface area contributed by atoms with Crippen molar-refractivity contribution in [2.24, 2.45) is 0 Å². The van der Waals surface area contributed by atoms with Gasteiger partial charge < -0.3 is 20.2 Å². The van der Waals surface area contributed by atoms with E-state index in [2.05, 4.69) is 37.7 Å². The van der Waals surface area contributed by atoms with E-state index in [0.717, 1.165) is 49.6 Å². The number of benzene rings is 2. The first-order valence-corrected chi connectivity index (χ1v) is 10.9. The molecule has 3 aromatic heterocycles. The lowest BCUT2D eigenvalue weighted by atomic mass is 10.1. The molecular formula is C23H22N6OS. The minimum atomic E-state index is -0.197. The number of imidazole rings is 1. The summed E-state index contributed by atoms with van der Waals surface area (Å²) in [5, 5.41) is 6.71. The molecule has 0 unspecified atom stereocenters. The largest absolute Gasteiger partial charge is 0.365 e. The van der Waals surface area contributed by atoms with Gasteiger partial charge in [0.1, 0.15) is 16.5 Å². The second kappa shape index (κ2) is 7.98. The number of aromatic nitrogens is 4. The summed E-state index contributed by atoms with van der Waals surface area (Å²) in [6.07, 6.45) is 0. The van der Waals surface area contributed by atoms with Crippen LogP contribution in [0, 0.1) is 0 Å². The number of hydrogen-bond donors (Lipinski definition) is 3. The minimum Gasteiger partial charge on any atom is -0.365 e. The lowest BCUT2D eigenvalue weighted by Gasteiger charge is -2.13. The van der Waals surface area contributed by atoms with E-state index in [1.165, 1.54) is 0 Å². The predicted octanol–water partition coefficient (Wildman–Crippen LogP) is 4.20. The maximum atomic E-state index is 11.5. The van der Waals surface area contributed by atoms with Crippen LogP contribution in [0.1, 0.15) is 11.4 Å². The van der Waals surface area contributed by atoms with E-state index in [1.807, 2.05) is 50.5 Å². The fraction of sp³-hybridized carbons (Fsp3) is 0.174. The van der Waals surface area contributed by atoms with E-state index >= 15 is 0 Å². The van der Waals surface area contributed by atoms with Crippen molar-refractivity contribution in [3.8, 4) is 11.1 Å². The first kappa shape index (κ1) is 19.5. The van der Waals surface area contributed by atoms with E-state index in [4.69, 9.17) is 9.97 Å². The summed E-state index contributed by atoms with van der Waals surface area (Å²) in [5.41, 5.74) is 4.73. The number of aromatic amines is 2. The van der Waals surface area contributed by atoms with E-state index in [1.54, 1.807) is 11.3 Å². The average molecular weight is 431 g/mol. The summed E-state index contributed by atoms with van der Waals surface area (Å²) < 4.78 is 0. The number of nitrogens with one attached hydrogen (secondary N) is 3. The molecule has 156 valence electrons. The Morgan fingerprint density at radius 1 is 1.03 bits per heavy atom. The van der Waals surface area contributed by atoms with Crippen LogP contribution < -0.4 is 11.0 Å². The Labute approximate surface area is 182 Å². The molecule has 0 aliphatic heterocycles. The number of anilines is 1. The van der Waals surface area contributed by atoms with Gasteiger partial charge in [-0.05, 0) is 37.4 Å². The Balaban J connectivity index is 1.55. The van der Waals surface area contributed by atoms with Crippen LogP contribution in [0.15, 0.2) is 58.7 Å². The quantitative estimate of drug-likeness (QED) is 0.376. The molecule has 0 amide bonds. The molecule has 2 aromatic carbocycles. The Kier molecular flexibility index (Phi) is 5.01. The van der Waals surface area contributed by atoms with Gasteiger partial charge in [0.2, 0.25) is 0 Å². The Morgan fingerprint density at radius 3 is 2.65 bits per heavy atom. The summed E-state index contributed by atoms with van der Waals surface area (Å²) in [6, 6.07) is 16.2. The van der Waals surface area contributed by atoms with Crippen LogP contribution in [0.3, 0.4) is 0 Å². The molecule has 0 saturated carbocycles. The molecule has 5 rings (SSSR count). The Bertz CT molecular complexity index is 1420. The number of H-pyrrole nitrogens is 2. The van der Waals surface area contributed by atoms with Crippen LogP contribution in [0.2, 0.25) is 0 Å². The lowest BCUT2D eigenvalue weighted by molar-refractivity contribution is 0.391. The van der Waals surface area contributed by atoms with E-state index in [-0.39, 0.29) is 5.69 Å². The zero-order chi connectivity index (χ0) is 21.4. The van der Waals surface area contributed by atoms with Crippen molar-refractivity contribution in [2.45, 2.75) is 13.1 Å². The molecule has 0 atom stereocenters. The third-order valence-electron chi connectivity index (χ3n) is 5.06. The van der Waals surface area contributed by atoms with Gasteiger partial charge in [0, 0.05) is 17.5 Å². The molecular weight excluding hydrogens is 408 g/mol. The highest BCUT2D eigenvalue weighted by atomic mass is 32.1. The van der Waals surface area contributed by atoms with Gasteiger partial charge in [-0.15, -0.1) is 11.3 Å². The maximum absolute atomic E-state index is 11.5. The Hall–Kier alpha value is -3.49. The SMILES string of the molecule is CN(C)Cc1nc(NCc2ccc3[nH]c(=O)[nH]c3c2)c2c(-c3ccccc3)csc2n1. The average Bonchev–Trinajstić information content (AvgIpc) is 3.34. The third-order valence-corrected chi connectivity index (χ3v) is 5.93. The van der Waals surface area contributed by atoms with Crippen molar-refractivity contribution in [1.82, 2.24) is 24.8 Å². The van der Waals surface area contributed by atoms with Crippen LogP contribution in [-0.4, -0.2) is 38.9 Å².